The van der Waals surface area contributed by atoms with Crippen molar-refractivity contribution in [2.45, 2.75) is 24.2 Å². The smallest absolute Gasteiger partial charge is 0.243 e. The Morgan fingerprint density at radius 1 is 1.24 bits per heavy atom. The number of sulfonamides is 1. The van der Waals surface area contributed by atoms with Gasteiger partial charge in [-0.2, -0.15) is 0 Å². The van der Waals surface area contributed by atoms with E-state index in [4.69, 9.17) is 23.2 Å². The van der Waals surface area contributed by atoms with Crippen LogP contribution in [0.3, 0.4) is 0 Å². The van der Waals surface area contributed by atoms with E-state index < -0.39 is 10.0 Å². The lowest BCUT2D eigenvalue weighted by atomic mass is 10.4. The van der Waals surface area contributed by atoms with Crippen LogP contribution in [-0.2, 0) is 14.8 Å². The van der Waals surface area contributed by atoms with Gasteiger partial charge in [0.25, 0.3) is 0 Å². The van der Waals surface area contributed by atoms with Crippen LogP contribution in [0.1, 0.15) is 19.3 Å². The maximum absolute atomic E-state index is 12.2. The molecule has 0 radical (unpaired) electrons. The van der Waals surface area contributed by atoms with Crippen LogP contribution >= 0.6 is 23.2 Å². The van der Waals surface area contributed by atoms with Crippen molar-refractivity contribution in [2.24, 2.45) is 0 Å². The van der Waals surface area contributed by atoms with Crippen molar-refractivity contribution in [3.05, 3.63) is 28.2 Å². The van der Waals surface area contributed by atoms with Gasteiger partial charge < -0.3 is 4.90 Å². The van der Waals surface area contributed by atoms with Gasteiger partial charge in [0, 0.05) is 26.1 Å². The summed E-state index contributed by atoms with van der Waals surface area (Å²) in [4.78, 5) is 13.1. The fourth-order valence-electron chi connectivity index (χ4n) is 2.23. The summed E-state index contributed by atoms with van der Waals surface area (Å²) in [5, 5.41) is 0.175. The molecule has 0 spiro atoms. The van der Waals surface area contributed by atoms with Gasteiger partial charge in [-0.3, -0.25) is 4.79 Å². The number of carbonyl (C=O) groups is 1. The second-order valence-electron chi connectivity index (χ2n) is 4.79. The fraction of sp³-hybridized carbons (Fsp3) is 0.462. The maximum Gasteiger partial charge on any atom is 0.243 e. The molecular weight excluding hydrogens is 335 g/mol. The summed E-state index contributed by atoms with van der Waals surface area (Å²) in [5.74, 6) is 0.131. The van der Waals surface area contributed by atoms with Crippen LogP contribution in [0.2, 0.25) is 10.0 Å². The molecule has 1 fully saturated rings. The first-order valence-electron chi connectivity index (χ1n) is 6.63. The number of halogens is 2. The quantitative estimate of drug-likeness (QED) is 0.800. The third-order valence-electron chi connectivity index (χ3n) is 3.26. The minimum atomic E-state index is -3.75. The molecule has 0 aromatic heterocycles. The lowest BCUT2D eigenvalue weighted by molar-refractivity contribution is -0.127. The van der Waals surface area contributed by atoms with Gasteiger partial charge in [0.1, 0.15) is 4.90 Å². The molecule has 1 aliphatic rings. The lowest BCUT2D eigenvalue weighted by Crippen LogP contribution is -2.30. The minimum absolute atomic E-state index is 0.0877. The van der Waals surface area contributed by atoms with Crippen molar-refractivity contribution in [1.29, 1.82) is 0 Å². The lowest BCUT2D eigenvalue weighted by Gasteiger charge is -2.15. The summed E-state index contributed by atoms with van der Waals surface area (Å²) < 4.78 is 26.8. The summed E-state index contributed by atoms with van der Waals surface area (Å²) in [6.45, 7) is 1.53. The Kier molecular flexibility index (Phi) is 5.48. The zero-order valence-electron chi connectivity index (χ0n) is 11.3. The van der Waals surface area contributed by atoms with Crippen LogP contribution in [0, 0.1) is 0 Å². The topological polar surface area (TPSA) is 66.5 Å². The van der Waals surface area contributed by atoms with Gasteiger partial charge in [0.15, 0.2) is 0 Å². The molecule has 21 heavy (non-hydrogen) atoms. The Morgan fingerprint density at radius 3 is 2.48 bits per heavy atom. The van der Waals surface area contributed by atoms with Crippen molar-refractivity contribution < 1.29 is 13.2 Å². The molecule has 1 aliphatic heterocycles. The summed E-state index contributed by atoms with van der Waals surface area (Å²) >= 11 is 11.8. The molecule has 0 unspecified atom stereocenters. The highest BCUT2D eigenvalue weighted by Gasteiger charge is 2.22. The normalized spacial score (nSPS) is 15.7. The van der Waals surface area contributed by atoms with E-state index in [9.17, 15) is 13.2 Å². The number of amides is 1. The predicted octanol–water partition coefficient (Wildman–Crippen LogP) is 2.28. The molecule has 0 atom stereocenters. The molecule has 116 valence electrons. The number of likely N-dealkylation sites (tertiary alicyclic amines) is 1. The molecule has 1 saturated heterocycles. The zero-order chi connectivity index (χ0) is 15.5. The standard InChI is InChI=1S/C13H16Cl2N2O3S/c14-10-4-1-5-11(15)13(10)21(19,20)16-7-3-9-17-8-2-6-12(17)18/h1,4-5,16H,2-3,6-9H2. The van der Waals surface area contributed by atoms with Crippen LogP contribution in [0.4, 0.5) is 0 Å². The largest absolute Gasteiger partial charge is 0.343 e. The number of rotatable bonds is 6. The van der Waals surface area contributed by atoms with Crippen molar-refractivity contribution in [3.8, 4) is 0 Å². The molecule has 0 bridgehead atoms. The van der Waals surface area contributed by atoms with Crippen LogP contribution in [0.25, 0.3) is 0 Å². The molecule has 1 heterocycles. The van der Waals surface area contributed by atoms with Crippen molar-refractivity contribution in [2.75, 3.05) is 19.6 Å². The first kappa shape index (κ1) is 16.5. The van der Waals surface area contributed by atoms with E-state index in [1.165, 1.54) is 12.1 Å². The molecule has 1 aromatic carbocycles. The molecule has 8 heteroatoms. The fourth-order valence-corrected chi connectivity index (χ4v) is 4.44. The first-order chi connectivity index (χ1) is 9.92. The molecule has 1 N–H and O–H groups in total. The second-order valence-corrected chi connectivity index (χ2v) is 7.30. The van der Waals surface area contributed by atoms with Crippen molar-refractivity contribution >= 4 is 39.1 Å². The predicted molar refractivity (Wildman–Crippen MR) is 82.1 cm³/mol. The second kappa shape index (κ2) is 6.96. The van der Waals surface area contributed by atoms with Crippen molar-refractivity contribution in [3.63, 3.8) is 0 Å². The number of nitrogens with zero attached hydrogens (tertiary/aromatic N) is 1. The summed E-state index contributed by atoms with van der Waals surface area (Å²) in [6, 6.07) is 4.54. The number of hydrogen-bond acceptors (Lipinski definition) is 3. The Morgan fingerprint density at radius 2 is 1.90 bits per heavy atom. The van der Waals surface area contributed by atoms with Gasteiger partial charge in [-0.25, -0.2) is 13.1 Å². The average molecular weight is 351 g/mol. The summed E-state index contributed by atoms with van der Waals surface area (Å²) in [7, 11) is -3.75. The highest BCUT2D eigenvalue weighted by molar-refractivity contribution is 7.89. The first-order valence-corrected chi connectivity index (χ1v) is 8.87. The highest BCUT2D eigenvalue weighted by Crippen LogP contribution is 2.28. The van der Waals surface area contributed by atoms with Gasteiger partial charge in [0.2, 0.25) is 15.9 Å². The van der Waals surface area contributed by atoms with Gasteiger partial charge in [-0.1, -0.05) is 29.3 Å². The van der Waals surface area contributed by atoms with Gasteiger partial charge >= 0.3 is 0 Å². The number of nitrogens with one attached hydrogen (secondary N) is 1. The molecule has 0 aliphatic carbocycles. The molecule has 1 amide bonds. The summed E-state index contributed by atoms with van der Waals surface area (Å²) in [6.07, 6.45) is 2.01. The van der Waals surface area contributed by atoms with E-state index in [1.54, 1.807) is 11.0 Å². The average Bonchev–Trinajstić information content (AvgIpc) is 2.80. The maximum atomic E-state index is 12.2. The highest BCUT2D eigenvalue weighted by atomic mass is 35.5. The Bertz CT molecular complexity index is 614. The Hall–Kier alpha value is -0.820. The monoisotopic (exact) mass is 350 g/mol. The van der Waals surface area contributed by atoms with E-state index in [0.29, 0.717) is 19.4 Å². The SMILES string of the molecule is O=C1CCCN1CCCNS(=O)(=O)c1c(Cl)cccc1Cl. The van der Waals surface area contributed by atoms with Crippen molar-refractivity contribution in [1.82, 2.24) is 9.62 Å². The van der Waals surface area contributed by atoms with E-state index in [2.05, 4.69) is 4.72 Å². The number of carbonyl (C=O) groups excluding carboxylic acids is 1. The van der Waals surface area contributed by atoms with Gasteiger partial charge in [-0.15, -0.1) is 0 Å². The van der Waals surface area contributed by atoms with E-state index in [-0.39, 0.29) is 27.4 Å². The third-order valence-corrected chi connectivity index (χ3v) is 5.67. The van der Waals surface area contributed by atoms with E-state index >= 15 is 0 Å². The summed E-state index contributed by atoms with van der Waals surface area (Å²) in [5.41, 5.74) is 0. The Balaban J connectivity index is 1.91. The number of benzene rings is 1. The Labute approximate surface area is 134 Å². The third kappa shape index (κ3) is 4.10. The van der Waals surface area contributed by atoms with E-state index in [0.717, 1.165) is 13.0 Å². The molecule has 1 aromatic rings. The minimum Gasteiger partial charge on any atom is -0.343 e. The van der Waals surface area contributed by atoms with Gasteiger partial charge in [0.05, 0.1) is 10.0 Å². The van der Waals surface area contributed by atoms with Crippen LogP contribution in [0.5, 0.6) is 0 Å². The molecule has 0 saturated carbocycles. The number of hydrogen-bond donors (Lipinski definition) is 1. The van der Waals surface area contributed by atoms with Gasteiger partial charge in [-0.05, 0) is 25.0 Å². The van der Waals surface area contributed by atoms with Crippen LogP contribution in [-0.4, -0.2) is 38.9 Å². The van der Waals surface area contributed by atoms with Crippen LogP contribution in [0.15, 0.2) is 23.1 Å². The molecule has 2 rings (SSSR count). The van der Waals surface area contributed by atoms with Crippen LogP contribution < -0.4 is 4.72 Å². The zero-order valence-corrected chi connectivity index (χ0v) is 13.6. The molecular formula is C13H16Cl2N2O3S. The molecule has 5 nitrogen and oxygen atoms in total. The van der Waals surface area contributed by atoms with E-state index in [1.807, 2.05) is 0 Å².